The first-order chi connectivity index (χ1) is 11.9. The van der Waals surface area contributed by atoms with Crippen LogP contribution in [0.1, 0.15) is 41.8 Å². The molecule has 128 valence electrons. The van der Waals surface area contributed by atoms with Crippen LogP contribution in [-0.2, 0) is 5.66 Å². The van der Waals surface area contributed by atoms with E-state index in [2.05, 4.69) is 34.5 Å². The normalized spacial score (nSPS) is 15.0. The molecule has 1 N–H and O–H groups in total. The van der Waals surface area contributed by atoms with Crippen molar-refractivity contribution >= 4 is 5.97 Å². The van der Waals surface area contributed by atoms with E-state index in [1.807, 2.05) is 37.3 Å². The van der Waals surface area contributed by atoms with Gasteiger partial charge >= 0.3 is 5.97 Å². The molecule has 1 heterocycles. The molecular weight excluding hydrogens is 316 g/mol. The number of aromatic carboxylic acids is 1. The number of hydrogen-bond acceptors (Lipinski definition) is 5. The van der Waals surface area contributed by atoms with Crippen LogP contribution in [0.15, 0.2) is 63.1 Å². The Bertz CT molecular complexity index is 842. The summed E-state index contributed by atoms with van der Waals surface area (Å²) >= 11 is 0. The molecule has 1 aliphatic rings. The van der Waals surface area contributed by atoms with Crippen LogP contribution >= 0.6 is 0 Å². The summed E-state index contributed by atoms with van der Waals surface area (Å²) in [5.41, 5.74) is 2.86. The van der Waals surface area contributed by atoms with Gasteiger partial charge in [-0.1, -0.05) is 43.7 Å². The molecule has 0 saturated carbocycles. The van der Waals surface area contributed by atoms with Crippen molar-refractivity contribution in [1.29, 1.82) is 0 Å². The smallest absolute Gasteiger partial charge is 0.335 e. The van der Waals surface area contributed by atoms with E-state index < -0.39 is 11.6 Å². The van der Waals surface area contributed by atoms with E-state index in [1.165, 1.54) is 0 Å². The molecule has 0 saturated heterocycles. The fourth-order valence-corrected chi connectivity index (χ4v) is 2.99. The molecule has 6 nitrogen and oxygen atoms in total. The summed E-state index contributed by atoms with van der Waals surface area (Å²) in [6, 6.07) is 13.2. The van der Waals surface area contributed by atoms with Gasteiger partial charge in [0, 0.05) is 12.0 Å². The summed E-state index contributed by atoms with van der Waals surface area (Å²) in [4.78, 5) is 11.6. The Kier molecular flexibility index (Phi) is 4.44. The third kappa shape index (κ3) is 3.47. The zero-order valence-corrected chi connectivity index (χ0v) is 14.5. The van der Waals surface area contributed by atoms with Crippen LogP contribution in [0.5, 0.6) is 0 Å². The molecule has 2 aromatic carbocycles. The SMILES string of the molecule is Cc1ccc(-c2cc(C(=O)O)cc(C3(CC(C)C)N=NN=N3)c2)cc1. The molecule has 6 heteroatoms. The quantitative estimate of drug-likeness (QED) is 0.793. The Labute approximate surface area is 146 Å². The lowest BCUT2D eigenvalue weighted by Gasteiger charge is -2.23. The molecule has 0 amide bonds. The molecule has 25 heavy (non-hydrogen) atoms. The first-order valence-corrected chi connectivity index (χ1v) is 8.19. The fraction of sp³-hybridized carbons (Fsp3) is 0.316. The number of carbonyl (C=O) groups is 1. The lowest BCUT2D eigenvalue weighted by Crippen LogP contribution is -2.22. The monoisotopic (exact) mass is 336 g/mol. The van der Waals surface area contributed by atoms with Crippen LogP contribution in [0.4, 0.5) is 0 Å². The predicted molar refractivity (Wildman–Crippen MR) is 94.4 cm³/mol. The highest BCUT2D eigenvalue weighted by Crippen LogP contribution is 2.40. The van der Waals surface area contributed by atoms with Gasteiger partial charge in [0.1, 0.15) is 0 Å². The van der Waals surface area contributed by atoms with Gasteiger partial charge in [-0.3, -0.25) is 0 Å². The summed E-state index contributed by atoms with van der Waals surface area (Å²) in [5, 5.41) is 25.4. The van der Waals surface area contributed by atoms with Crippen LogP contribution in [0.2, 0.25) is 0 Å². The second-order valence-electron chi connectivity index (χ2n) is 6.76. The van der Waals surface area contributed by atoms with E-state index in [1.54, 1.807) is 12.1 Å². The van der Waals surface area contributed by atoms with E-state index in [9.17, 15) is 9.90 Å². The van der Waals surface area contributed by atoms with Crippen molar-refractivity contribution in [3.63, 3.8) is 0 Å². The summed E-state index contributed by atoms with van der Waals surface area (Å²) in [5.74, 6) is -0.686. The number of hydrogen-bond donors (Lipinski definition) is 1. The molecule has 2 aromatic rings. The fourth-order valence-electron chi connectivity index (χ4n) is 2.99. The Morgan fingerprint density at radius 3 is 2.24 bits per heavy atom. The van der Waals surface area contributed by atoms with Crippen molar-refractivity contribution in [3.05, 3.63) is 59.2 Å². The van der Waals surface area contributed by atoms with Gasteiger partial charge < -0.3 is 5.11 Å². The minimum Gasteiger partial charge on any atom is -0.478 e. The minimum atomic E-state index is -0.984. The number of nitrogens with zero attached hydrogens (tertiary/aromatic N) is 4. The van der Waals surface area contributed by atoms with Gasteiger partial charge in [-0.15, -0.1) is 10.2 Å². The second kappa shape index (κ2) is 6.55. The lowest BCUT2D eigenvalue weighted by molar-refractivity contribution is 0.0696. The first kappa shape index (κ1) is 17.0. The molecule has 1 aliphatic heterocycles. The molecule has 0 unspecified atom stereocenters. The van der Waals surface area contributed by atoms with Gasteiger partial charge in [0.05, 0.1) is 5.56 Å². The third-order valence-corrected chi connectivity index (χ3v) is 4.18. The third-order valence-electron chi connectivity index (χ3n) is 4.18. The average molecular weight is 336 g/mol. The summed E-state index contributed by atoms with van der Waals surface area (Å²) in [7, 11) is 0. The Balaban J connectivity index is 2.16. The first-order valence-electron chi connectivity index (χ1n) is 8.19. The highest BCUT2D eigenvalue weighted by atomic mass is 16.4. The van der Waals surface area contributed by atoms with E-state index >= 15 is 0 Å². The molecule has 0 radical (unpaired) electrons. The van der Waals surface area contributed by atoms with Gasteiger partial charge in [0.25, 0.3) is 0 Å². The number of carboxylic acids is 1. The maximum absolute atomic E-state index is 11.6. The number of aryl methyl sites for hydroxylation is 1. The standard InChI is InChI=1S/C19H20N4O2/c1-12(2)11-19(20-22-23-21-19)17-9-15(8-16(10-17)18(24)25)14-6-4-13(3)5-7-14/h4-10,12H,11H2,1-3H3,(H,24,25). The topological polar surface area (TPSA) is 86.7 Å². The number of rotatable bonds is 5. The lowest BCUT2D eigenvalue weighted by atomic mass is 9.88. The second-order valence-corrected chi connectivity index (χ2v) is 6.76. The van der Waals surface area contributed by atoms with Crippen molar-refractivity contribution in [3.8, 4) is 11.1 Å². The van der Waals surface area contributed by atoms with Gasteiger partial charge in [0.15, 0.2) is 0 Å². The van der Waals surface area contributed by atoms with Crippen LogP contribution in [0.25, 0.3) is 11.1 Å². The van der Waals surface area contributed by atoms with Crippen molar-refractivity contribution in [2.75, 3.05) is 0 Å². The summed E-state index contributed by atoms with van der Waals surface area (Å²) in [6.07, 6.45) is 0.608. The van der Waals surface area contributed by atoms with E-state index in [0.29, 0.717) is 17.9 Å². The summed E-state index contributed by atoms with van der Waals surface area (Å²) in [6.45, 7) is 6.14. The molecule has 0 aliphatic carbocycles. The molecule has 0 aromatic heterocycles. The zero-order valence-electron chi connectivity index (χ0n) is 14.5. The number of carboxylic acid groups (broad SMARTS) is 1. The highest BCUT2D eigenvalue weighted by molar-refractivity contribution is 5.90. The predicted octanol–water partition coefficient (Wildman–Crippen LogP) is 5.39. The van der Waals surface area contributed by atoms with Gasteiger partial charge in [-0.2, -0.15) is 0 Å². The van der Waals surface area contributed by atoms with Crippen LogP contribution < -0.4 is 0 Å². The molecule has 0 atom stereocenters. The van der Waals surface area contributed by atoms with Crippen molar-refractivity contribution in [1.82, 2.24) is 0 Å². The van der Waals surface area contributed by atoms with Gasteiger partial charge in [-0.05, 0) is 52.6 Å². The van der Waals surface area contributed by atoms with E-state index in [4.69, 9.17) is 0 Å². The minimum absolute atomic E-state index is 0.202. The van der Waals surface area contributed by atoms with Crippen molar-refractivity contribution < 1.29 is 9.90 Å². The summed E-state index contributed by atoms with van der Waals surface area (Å²) < 4.78 is 0. The van der Waals surface area contributed by atoms with Crippen LogP contribution in [0.3, 0.4) is 0 Å². The van der Waals surface area contributed by atoms with E-state index in [-0.39, 0.29) is 5.56 Å². The molecule has 3 rings (SSSR count). The van der Waals surface area contributed by atoms with Crippen molar-refractivity contribution in [2.45, 2.75) is 32.9 Å². The average Bonchev–Trinajstić information content (AvgIpc) is 3.04. The Morgan fingerprint density at radius 1 is 1.04 bits per heavy atom. The van der Waals surface area contributed by atoms with Crippen LogP contribution in [0, 0.1) is 12.8 Å². The largest absolute Gasteiger partial charge is 0.478 e. The van der Waals surface area contributed by atoms with E-state index in [0.717, 1.165) is 16.7 Å². The van der Waals surface area contributed by atoms with Crippen LogP contribution in [-0.4, -0.2) is 11.1 Å². The molecule has 0 bridgehead atoms. The molecular formula is C19H20N4O2. The number of benzene rings is 2. The maximum Gasteiger partial charge on any atom is 0.335 e. The Morgan fingerprint density at radius 2 is 1.68 bits per heavy atom. The molecule has 0 fully saturated rings. The van der Waals surface area contributed by atoms with Gasteiger partial charge in [-0.25, -0.2) is 4.79 Å². The highest BCUT2D eigenvalue weighted by Gasteiger charge is 2.37. The Hall–Kier alpha value is -2.89. The zero-order chi connectivity index (χ0) is 18.0. The van der Waals surface area contributed by atoms with Crippen molar-refractivity contribution in [2.24, 2.45) is 26.6 Å². The molecule has 0 spiro atoms. The maximum atomic E-state index is 11.6. The van der Waals surface area contributed by atoms with Gasteiger partial charge in [0.2, 0.25) is 5.66 Å².